The van der Waals surface area contributed by atoms with Gasteiger partial charge in [0.15, 0.2) is 0 Å². The highest BCUT2D eigenvalue weighted by atomic mass is 35.5. The normalized spacial score (nSPS) is 11.1. The number of carbonyl (C=O) groups is 1. The molecule has 0 aliphatic carbocycles. The number of rotatable bonds is 6. The van der Waals surface area contributed by atoms with Crippen LogP contribution in [0, 0.1) is 0 Å². The molecule has 0 bridgehead atoms. The van der Waals surface area contributed by atoms with Crippen LogP contribution < -0.4 is 9.62 Å². The van der Waals surface area contributed by atoms with Gasteiger partial charge in [-0.1, -0.05) is 41.4 Å². The van der Waals surface area contributed by atoms with Crippen molar-refractivity contribution in [1.29, 1.82) is 0 Å². The molecule has 0 spiro atoms. The number of amides is 1. The first-order valence-electron chi connectivity index (χ1n) is 8.61. The van der Waals surface area contributed by atoms with E-state index in [0.29, 0.717) is 27.0 Å². The summed E-state index contributed by atoms with van der Waals surface area (Å²) in [6, 6.07) is 20.1. The first kappa shape index (κ1) is 21.2. The Balaban J connectivity index is 1.80. The Hall–Kier alpha value is -2.54. The van der Waals surface area contributed by atoms with E-state index in [1.165, 1.54) is 4.31 Å². The second kappa shape index (κ2) is 8.86. The van der Waals surface area contributed by atoms with E-state index in [-0.39, 0.29) is 12.5 Å². The molecule has 0 atom stereocenters. The molecule has 3 aromatic rings. The zero-order valence-corrected chi connectivity index (χ0v) is 17.8. The van der Waals surface area contributed by atoms with Crippen molar-refractivity contribution in [2.24, 2.45) is 0 Å². The number of carbonyl (C=O) groups excluding carboxylic acids is 1. The molecule has 3 aromatic carbocycles. The molecular formula is C21H18Cl2N2O3S. The minimum absolute atomic E-state index is 0.157. The summed E-state index contributed by atoms with van der Waals surface area (Å²) in [4.78, 5) is 12.4. The maximum atomic E-state index is 12.4. The highest BCUT2D eigenvalue weighted by Crippen LogP contribution is 2.23. The molecule has 0 aliphatic heterocycles. The van der Waals surface area contributed by atoms with E-state index < -0.39 is 10.0 Å². The van der Waals surface area contributed by atoms with Crippen LogP contribution in [0.5, 0.6) is 0 Å². The third kappa shape index (κ3) is 5.73. The molecule has 3 rings (SSSR count). The maximum Gasteiger partial charge on any atom is 0.255 e. The van der Waals surface area contributed by atoms with Gasteiger partial charge in [0.25, 0.3) is 5.91 Å². The van der Waals surface area contributed by atoms with E-state index in [1.54, 1.807) is 72.8 Å². The van der Waals surface area contributed by atoms with E-state index in [0.717, 1.165) is 11.8 Å². The minimum atomic E-state index is -3.53. The predicted molar refractivity (Wildman–Crippen MR) is 118 cm³/mol. The lowest BCUT2D eigenvalue weighted by molar-refractivity contribution is 0.102. The van der Waals surface area contributed by atoms with Gasteiger partial charge >= 0.3 is 0 Å². The lowest BCUT2D eigenvalue weighted by Gasteiger charge is -2.23. The SMILES string of the molecule is CS(=O)(=O)N(Cc1ccc(Cl)cc1)c1ccc(C(=O)Nc2cccc(Cl)c2)cc1. The number of hydrogen-bond acceptors (Lipinski definition) is 3. The van der Waals surface area contributed by atoms with Gasteiger partial charge in [0.2, 0.25) is 10.0 Å². The van der Waals surface area contributed by atoms with Crippen LogP contribution in [-0.4, -0.2) is 20.6 Å². The van der Waals surface area contributed by atoms with Crippen molar-refractivity contribution in [2.75, 3.05) is 15.9 Å². The lowest BCUT2D eigenvalue weighted by atomic mass is 10.1. The Bertz CT molecular complexity index is 1120. The summed E-state index contributed by atoms with van der Waals surface area (Å²) < 4.78 is 25.9. The van der Waals surface area contributed by atoms with E-state index in [9.17, 15) is 13.2 Å². The van der Waals surface area contributed by atoms with Gasteiger partial charge in [-0.2, -0.15) is 0 Å². The van der Waals surface area contributed by atoms with Crippen LogP contribution >= 0.6 is 23.2 Å². The van der Waals surface area contributed by atoms with Crippen molar-refractivity contribution >= 4 is 50.5 Å². The topological polar surface area (TPSA) is 66.5 Å². The number of anilines is 2. The Labute approximate surface area is 179 Å². The van der Waals surface area contributed by atoms with E-state index in [1.807, 2.05) is 0 Å². The molecule has 1 N–H and O–H groups in total. The molecule has 0 fully saturated rings. The van der Waals surface area contributed by atoms with Gasteiger partial charge in [-0.3, -0.25) is 9.10 Å². The van der Waals surface area contributed by atoms with E-state index in [4.69, 9.17) is 23.2 Å². The smallest absolute Gasteiger partial charge is 0.255 e. The van der Waals surface area contributed by atoms with Crippen LogP contribution in [-0.2, 0) is 16.6 Å². The van der Waals surface area contributed by atoms with Crippen molar-refractivity contribution in [1.82, 2.24) is 0 Å². The van der Waals surface area contributed by atoms with Crippen LogP contribution in [0.25, 0.3) is 0 Å². The lowest BCUT2D eigenvalue weighted by Crippen LogP contribution is -2.29. The average Bonchev–Trinajstić information content (AvgIpc) is 2.67. The highest BCUT2D eigenvalue weighted by molar-refractivity contribution is 7.92. The summed E-state index contributed by atoms with van der Waals surface area (Å²) in [5.74, 6) is -0.317. The third-order valence-electron chi connectivity index (χ3n) is 4.14. The molecule has 0 aliphatic rings. The van der Waals surface area contributed by atoms with Crippen LogP contribution in [0.3, 0.4) is 0 Å². The quantitative estimate of drug-likeness (QED) is 0.562. The van der Waals surface area contributed by atoms with Gasteiger partial charge in [0.1, 0.15) is 0 Å². The summed E-state index contributed by atoms with van der Waals surface area (Å²) in [6.45, 7) is 0.157. The summed E-state index contributed by atoms with van der Waals surface area (Å²) in [5, 5.41) is 3.85. The fraction of sp³-hybridized carbons (Fsp3) is 0.0952. The Kier molecular flexibility index (Phi) is 6.47. The van der Waals surface area contributed by atoms with E-state index >= 15 is 0 Å². The molecule has 0 unspecified atom stereocenters. The predicted octanol–water partition coefficient (Wildman–Crippen LogP) is 5.21. The Morgan fingerprint density at radius 2 is 1.59 bits per heavy atom. The van der Waals surface area contributed by atoms with Gasteiger partial charge < -0.3 is 5.32 Å². The van der Waals surface area contributed by atoms with Gasteiger partial charge in [-0.05, 0) is 60.2 Å². The average molecular weight is 449 g/mol. The number of nitrogens with zero attached hydrogens (tertiary/aromatic N) is 1. The molecular weight excluding hydrogens is 431 g/mol. The third-order valence-corrected chi connectivity index (χ3v) is 5.77. The summed E-state index contributed by atoms with van der Waals surface area (Å²) in [7, 11) is -3.53. The second-order valence-electron chi connectivity index (χ2n) is 6.41. The highest BCUT2D eigenvalue weighted by Gasteiger charge is 2.18. The largest absolute Gasteiger partial charge is 0.322 e. The number of benzene rings is 3. The van der Waals surface area contributed by atoms with Crippen LogP contribution in [0.2, 0.25) is 10.0 Å². The first-order valence-corrected chi connectivity index (χ1v) is 11.2. The van der Waals surface area contributed by atoms with Gasteiger partial charge in [0.05, 0.1) is 18.5 Å². The molecule has 0 heterocycles. The number of sulfonamides is 1. The minimum Gasteiger partial charge on any atom is -0.322 e. The zero-order chi connectivity index (χ0) is 21.0. The van der Waals surface area contributed by atoms with Crippen molar-refractivity contribution in [3.63, 3.8) is 0 Å². The Morgan fingerprint density at radius 1 is 0.931 bits per heavy atom. The second-order valence-corrected chi connectivity index (χ2v) is 9.19. The zero-order valence-electron chi connectivity index (χ0n) is 15.5. The number of nitrogens with one attached hydrogen (secondary N) is 1. The summed E-state index contributed by atoms with van der Waals surface area (Å²) >= 11 is 11.8. The van der Waals surface area contributed by atoms with Gasteiger partial charge in [-0.25, -0.2) is 8.42 Å². The molecule has 0 saturated heterocycles. The standard InChI is InChI=1S/C21H18Cl2N2O3S/c1-29(27,28)25(14-15-5-9-17(22)10-6-15)20-11-7-16(8-12-20)21(26)24-19-4-2-3-18(23)13-19/h2-13H,14H2,1H3,(H,24,26). The molecule has 1 amide bonds. The van der Waals surface area contributed by atoms with Crippen LogP contribution in [0.15, 0.2) is 72.8 Å². The molecule has 150 valence electrons. The van der Waals surface area contributed by atoms with E-state index in [2.05, 4.69) is 5.32 Å². The number of halogens is 2. The molecule has 5 nitrogen and oxygen atoms in total. The van der Waals surface area contributed by atoms with Crippen LogP contribution in [0.1, 0.15) is 15.9 Å². The van der Waals surface area contributed by atoms with Gasteiger partial charge in [-0.15, -0.1) is 0 Å². The molecule has 0 aromatic heterocycles. The maximum absolute atomic E-state index is 12.4. The van der Waals surface area contributed by atoms with Crippen molar-refractivity contribution < 1.29 is 13.2 Å². The summed E-state index contributed by atoms with van der Waals surface area (Å²) in [6.07, 6.45) is 1.14. The van der Waals surface area contributed by atoms with Crippen molar-refractivity contribution in [3.05, 3.63) is 94.0 Å². The molecule has 0 radical (unpaired) electrons. The van der Waals surface area contributed by atoms with Crippen LogP contribution in [0.4, 0.5) is 11.4 Å². The fourth-order valence-electron chi connectivity index (χ4n) is 2.70. The molecule has 8 heteroatoms. The monoisotopic (exact) mass is 448 g/mol. The summed E-state index contributed by atoms with van der Waals surface area (Å²) in [5.41, 5.74) is 2.23. The fourth-order valence-corrected chi connectivity index (χ4v) is 3.91. The van der Waals surface area contributed by atoms with Crippen molar-refractivity contribution in [3.8, 4) is 0 Å². The number of hydrogen-bond donors (Lipinski definition) is 1. The Morgan fingerprint density at radius 3 is 2.17 bits per heavy atom. The molecule has 29 heavy (non-hydrogen) atoms. The first-order chi connectivity index (χ1) is 13.7. The van der Waals surface area contributed by atoms with Crippen molar-refractivity contribution in [2.45, 2.75) is 6.54 Å². The molecule has 0 saturated carbocycles. The van der Waals surface area contributed by atoms with Gasteiger partial charge in [0, 0.05) is 21.3 Å².